The fraction of sp³-hybridized carbons (Fsp3) is 0.111. The van der Waals surface area contributed by atoms with Gasteiger partial charge in [0.05, 0.1) is 26.1 Å². The first-order valence-electron chi connectivity index (χ1n) is 10.9. The SMILES string of the molecule is COc1cccc(COc2c(C=NNc3nc(-c4ccccc4)c(C#N)c(=O)[nH]3)cccc2OC)c1. The number of H-pyrrole nitrogens is 1. The van der Waals surface area contributed by atoms with Gasteiger partial charge in [0.15, 0.2) is 11.5 Å². The number of benzene rings is 3. The van der Waals surface area contributed by atoms with Gasteiger partial charge in [-0.1, -0.05) is 48.5 Å². The Morgan fingerprint density at radius 1 is 1.06 bits per heavy atom. The van der Waals surface area contributed by atoms with E-state index in [-0.39, 0.29) is 23.8 Å². The zero-order valence-electron chi connectivity index (χ0n) is 19.7. The maximum atomic E-state index is 12.4. The molecule has 0 bridgehead atoms. The van der Waals surface area contributed by atoms with Gasteiger partial charge in [0.2, 0.25) is 5.95 Å². The molecule has 0 aliphatic rings. The number of para-hydroxylation sites is 1. The van der Waals surface area contributed by atoms with Crippen LogP contribution in [0.3, 0.4) is 0 Å². The minimum absolute atomic E-state index is 0.0724. The average molecular weight is 482 g/mol. The summed E-state index contributed by atoms with van der Waals surface area (Å²) in [5.74, 6) is 1.87. The number of rotatable bonds is 9. The number of aromatic amines is 1. The highest BCUT2D eigenvalue weighted by molar-refractivity contribution is 5.85. The van der Waals surface area contributed by atoms with Crippen LogP contribution in [-0.4, -0.2) is 30.4 Å². The summed E-state index contributed by atoms with van der Waals surface area (Å²) in [6, 6.07) is 23.9. The number of hydrogen-bond donors (Lipinski definition) is 2. The molecule has 4 rings (SSSR count). The molecule has 0 unspecified atom stereocenters. The maximum Gasteiger partial charge on any atom is 0.270 e. The Hall–Kier alpha value is -5.10. The van der Waals surface area contributed by atoms with Crippen LogP contribution in [0.2, 0.25) is 0 Å². The number of nitriles is 1. The van der Waals surface area contributed by atoms with Crippen LogP contribution in [-0.2, 0) is 6.61 Å². The highest BCUT2D eigenvalue weighted by Gasteiger charge is 2.13. The van der Waals surface area contributed by atoms with E-state index in [0.717, 1.165) is 11.3 Å². The third kappa shape index (κ3) is 5.51. The number of hydrogen-bond acceptors (Lipinski definition) is 8. The van der Waals surface area contributed by atoms with Crippen molar-refractivity contribution in [1.82, 2.24) is 9.97 Å². The molecule has 0 fully saturated rings. The van der Waals surface area contributed by atoms with Crippen LogP contribution >= 0.6 is 0 Å². The fourth-order valence-electron chi connectivity index (χ4n) is 3.47. The second-order valence-corrected chi connectivity index (χ2v) is 7.50. The van der Waals surface area contributed by atoms with Crippen molar-refractivity contribution in [3.8, 4) is 34.6 Å². The summed E-state index contributed by atoms with van der Waals surface area (Å²) in [6.07, 6.45) is 1.53. The lowest BCUT2D eigenvalue weighted by molar-refractivity contribution is 0.283. The van der Waals surface area contributed by atoms with Crippen molar-refractivity contribution < 1.29 is 14.2 Å². The van der Waals surface area contributed by atoms with Crippen LogP contribution in [0.15, 0.2) is 82.7 Å². The Labute approximate surface area is 207 Å². The predicted octanol–water partition coefficient (Wildman–Crippen LogP) is 4.35. The van der Waals surface area contributed by atoms with Crippen LogP contribution in [0, 0.1) is 11.3 Å². The molecule has 9 nitrogen and oxygen atoms in total. The van der Waals surface area contributed by atoms with E-state index in [4.69, 9.17) is 14.2 Å². The van der Waals surface area contributed by atoms with Crippen LogP contribution in [0.25, 0.3) is 11.3 Å². The van der Waals surface area contributed by atoms with E-state index < -0.39 is 5.56 Å². The van der Waals surface area contributed by atoms with Crippen LogP contribution in [0.1, 0.15) is 16.7 Å². The van der Waals surface area contributed by atoms with Gasteiger partial charge in [0.25, 0.3) is 5.56 Å². The molecule has 180 valence electrons. The van der Waals surface area contributed by atoms with Crippen molar-refractivity contribution in [2.45, 2.75) is 6.61 Å². The van der Waals surface area contributed by atoms with Gasteiger partial charge in [-0.3, -0.25) is 9.78 Å². The number of methoxy groups -OCH3 is 2. The minimum Gasteiger partial charge on any atom is -0.497 e. The van der Waals surface area contributed by atoms with Crippen molar-refractivity contribution in [3.63, 3.8) is 0 Å². The fourth-order valence-corrected chi connectivity index (χ4v) is 3.47. The van der Waals surface area contributed by atoms with Gasteiger partial charge in [0, 0.05) is 11.1 Å². The summed E-state index contributed by atoms with van der Waals surface area (Å²) in [4.78, 5) is 19.4. The molecule has 3 aromatic carbocycles. The van der Waals surface area contributed by atoms with Crippen molar-refractivity contribution in [3.05, 3.63) is 99.8 Å². The molecule has 0 spiro atoms. The first-order chi connectivity index (χ1) is 17.6. The standard InChI is InChI=1S/C27H23N5O4/c1-34-21-12-6-8-18(14-21)17-36-25-20(11-7-13-23(25)35-2)16-29-32-27-30-24(19-9-4-3-5-10-19)22(15-28)26(33)31-27/h3-14,16H,17H2,1-2H3,(H2,30,31,32,33). The van der Waals surface area contributed by atoms with Gasteiger partial charge in [-0.25, -0.2) is 10.4 Å². The van der Waals surface area contributed by atoms with Crippen LogP contribution in [0.4, 0.5) is 5.95 Å². The second-order valence-electron chi connectivity index (χ2n) is 7.50. The van der Waals surface area contributed by atoms with E-state index in [1.54, 1.807) is 44.6 Å². The monoisotopic (exact) mass is 481 g/mol. The van der Waals surface area contributed by atoms with Gasteiger partial charge in [-0.05, 0) is 29.8 Å². The van der Waals surface area contributed by atoms with Crippen LogP contribution < -0.4 is 25.2 Å². The van der Waals surface area contributed by atoms with Crippen molar-refractivity contribution >= 4 is 12.2 Å². The summed E-state index contributed by atoms with van der Waals surface area (Å²) >= 11 is 0. The van der Waals surface area contributed by atoms with Crippen molar-refractivity contribution in [2.24, 2.45) is 5.10 Å². The molecule has 9 heteroatoms. The molecule has 0 radical (unpaired) electrons. The van der Waals surface area contributed by atoms with Crippen molar-refractivity contribution in [2.75, 3.05) is 19.6 Å². The summed E-state index contributed by atoms with van der Waals surface area (Å²) in [5, 5.41) is 13.6. The zero-order valence-corrected chi connectivity index (χ0v) is 19.7. The van der Waals surface area contributed by atoms with Gasteiger partial charge in [-0.15, -0.1) is 0 Å². The molecule has 0 aliphatic carbocycles. The molecule has 0 aliphatic heterocycles. The lowest BCUT2D eigenvalue weighted by atomic mass is 10.1. The molecule has 4 aromatic rings. The third-order valence-electron chi connectivity index (χ3n) is 5.20. The summed E-state index contributed by atoms with van der Waals surface area (Å²) in [6.45, 7) is 0.288. The maximum absolute atomic E-state index is 12.4. The Morgan fingerprint density at radius 3 is 2.61 bits per heavy atom. The highest BCUT2D eigenvalue weighted by atomic mass is 16.5. The predicted molar refractivity (Wildman–Crippen MR) is 137 cm³/mol. The van der Waals surface area contributed by atoms with Crippen molar-refractivity contribution in [1.29, 1.82) is 5.26 Å². The highest BCUT2D eigenvalue weighted by Crippen LogP contribution is 2.31. The van der Waals surface area contributed by atoms with E-state index in [1.807, 2.05) is 48.5 Å². The van der Waals surface area contributed by atoms with E-state index in [0.29, 0.717) is 22.6 Å². The molecular weight excluding hydrogens is 458 g/mol. The quantitative estimate of drug-likeness (QED) is 0.269. The summed E-state index contributed by atoms with van der Waals surface area (Å²) in [7, 11) is 3.17. The number of hydrazone groups is 1. The molecular formula is C27H23N5O4. The van der Waals surface area contributed by atoms with Crippen LogP contribution in [0.5, 0.6) is 17.2 Å². The molecule has 0 saturated carbocycles. The summed E-state index contributed by atoms with van der Waals surface area (Å²) in [5.41, 5.74) is 4.58. The van der Waals surface area contributed by atoms with E-state index in [2.05, 4.69) is 20.5 Å². The number of ether oxygens (including phenoxy) is 3. The first kappa shape index (κ1) is 24.0. The lowest BCUT2D eigenvalue weighted by Gasteiger charge is -2.13. The molecule has 36 heavy (non-hydrogen) atoms. The van der Waals surface area contributed by atoms with E-state index in [1.165, 1.54) is 6.21 Å². The van der Waals surface area contributed by atoms with E-state index in [9.17, 15) is 10.1 Å². The van der Waals surface area contributed by atoms with Gasteiger partial charge >= 0.3 is 0 Å². The Balaban J connectivity index is 1.58. The number of aromatic nitrogens is 2. The number of nitrogens with zero attached hydrogens (tertiary/aromatic N) is 3. The van der Waals surface area contributed by atoms with Gasteiger partial charge < -0.3 is 14.2 Å². The van der Waals surface area contributed by atoms with E-state index >= 15 is 0 Å². The Morgan fingerprint density at radius 2 is 1.86 bits per heavy atom. The molecule has 1 heterocycles. The number of nitrogens with one attached hydrogen (secondary N) is 2. The summed E-state index contributed by atoms with van der Waals surface area (Å²) < 4.78 is 16.8. The van der Waals surface area contributed by atoms with Gasteiger partial charge in [0.1, 0.15) is 24.0 Å². The second kappa shape index (κ2) is 11.4. The normalized spacial score (nSPS) is 10.6. The average Bonchev–Trinajstić information content (AvgIpc) is 2.92. The largest absolute Gasteiger partial charge is 0.497 e. The topological polar surface area (TPSA) is 122 Å². The Kier molecular flexibility index (Phi) is 7.58. The molecule has 2 N–H and O–H groups in total. The molecule has 1 aromatic heterocycles. The van der Waals surface area contributed by atoms with Gasteiger partial charge in [-0.2, -0.15) is 10.4 Å². The number of anilines is 1. The smallest absolute Gasteiger partial charge is 0.270 e. The lowest BCUT2D eigenvalue weighted by Crippen LogP contribution is -2.16. The molecule has 0 saturated heterocycles. The zero-order chi connectivity index (χ0) is 25.3. The first-order valence-corrected chi connectivity index (χ1v) is 10.9. The molecule has 0 atom stereocenters. The minimum atomic E-state index is -0.562. The Bertz CT molecular complexity index is 1480. The third-order valence-corrected chi connectivity index (χ3v) is 5.20. The molecule has 0 amide bonds.